The summed E-state index contributed by atoms with van der Waals surface area (Å²) in [5.41, 5.74) is 2.52. The summed E-state index contributed by atoms with van der Waals surface area (Å²) in [5, 5.41) is 12.0. The summed E-state index contributed by atoms with van der Waals surface area (Å²) in [5.74, 6) is -3.83. The second-order valence-electron chi connectivity index (χ2n) is 7.34. The highest BCUT2D eigenvalue weighted by Crippen LogP contribution is 2.57. The minimum absolute atomic E-state index is 0.162. The van der Waals surface area contributed by atoms with Gasteiger partial charge in [-0.25, -0.2) is 0 Å². The normalized spacial score (nSPS) is 23.0. The van der Waals surface area contributed by atoms with Gasteiger partial charge in [-0.2, -0.15) is 0 Å². The average molecular weight is 385 g/mol. The van der Waals surface area contributed by atoms with E-state index in [0.717, 1.165) is 16.7 Å². The van der Waals surface area contributed by atoms with Gasteiger partial charge in [0.25, 0.3) is 0 Å². The summed E-state index contributed by atoms with van der Waals surface area (Å²) in [6.45, 7) is 0.162. The van der Waals surface area contributed by atoms with Crippen LogP contribution < -0.4 is 5.11 Å². The van der Waals surface area contributed by atoms with Gasteiger partial charge < -0.3 is 14.6 Å². The Morgan fingerprint density at radius 2 is 1.14 bits per heavy atom. The first kappa shape index (κ1) is 18.9. The topological polar surface area (TPSA) is 66.4 Å². The van der Waals surface area contributed by atoms with Crippen molar-refractivity contribution >= 4 is 11.9 Å². The smallest absolute Gasteiger partial charge is 0.310 e. The van der Waals surface area contributed by atoms with Gasteiger partial charge in [0.1, 0.15) is 6.61 Å². The number of hydrogen-bond acceptors (Lipinski definition) is 4. The van der Waals surface area contributed by atoms with Crippen LogP contribution in [0.5, 0.6) is 0 Å². The Labute approximate surface area is 169 Å². The van der Waals surface area contributed by atoms with E-state index in [0.29, 0.717) is 0 Å². The zero-order chi connectivity index (χ0) is 20.2. The van der Waals surface area contributed by atoms with Crippen LogP contribution in [0.4, 0.5) is 0 Å². The Kier molecular flexibility index (Phi) is 5.43. The predicted molar refractivity (Wildman–Crippen MR) is 107 cm³/mol. The Morgan fingerprint density at radius 3 is 1.59 bits per heavy atom. The van der Waals surface area contributed by atoms with Crippen molar-refractivity contribution < 1.29 is 19.4 Å². The number of carbonyl (C=O) groups is 2. The molecule has 1 saturated carbocycles. The van der Waals surface area contributed by atoms with Crippen LogP contribution in [0.25, 0.3) is 0 Å². The second-order valence-corrected chi connectivity index (χ2v) is 7.34. The molecule has 0 saturated heterocycles. The van der Waals surface area contributed by atoms with Crippen molar-refractivity contribution in [2.24, 2.45) is 11.8 Å². The largest absolute Gasteiger partial charge is 0.550 e. The first-order valence-electron chi connectivity index (χ1n) is 9.68. The lowest BCUT2D eigenvalue weighted by Crippen LogP contribution is -2.55. The standard InChI is InChI=1S/C25H22O4/c26-24(27)22-20(18-12-6-2-7-13-18)23(21(22)19-14-8-3-9-15-19)25(28)29-16-17-10-4-1-5-11-17/h1-15,20-23H,16H2,(H,26,27)/p-1/t20-,21-,22?,23?/m1/s1. The molecule has 1 aliphatic carbocycles. The zero-order valence-electron chi connectivity index (χ0n) is 15.8. The molecule has 0 heterocycles. The van der Waals surface area contributed by atoms with Crippen molar-refractivity contribution in [3.63, 3.8) is 0 Å². The Balaban J connectivity index is 1.65. The van der Waals surface area contributed by atoms with E-state index in [4.69, 9.17) is 4.74 Å². The van der Waals surface area contributed by atoms with E-state index in [2.05, 4.69) is 0 Å². The molecule has 4 rings (SSSR count). The number of carboxylic acids is 1. The number of carboxylic acid groups (broad SMARTS) is 1. The number of carbonyl (C=O) groups excluding carboxylic acids is 2. The van der Waals surface area contributed by atoms with E-state index in [-0.39, 0.29) is 12.6 Å². The Hall–Kier alpha value is -3.40. The average Bonchev–Trinajstić information content (AvgIpc) is 2.73. The minimum atomic E-state index is -1.14. The van der Waals surface area contributed by atoms with E-state index < -0.39 is 29.6 Å². The molecular formula is C25H21O4-. The van der Waals surface area contributed by atoms with Crippen LogP contribution in [0, 0.1) is 11.8 Å². The zero-order valence-corrected chi connectivity index (χ0v) is 15.8. The fraction of sp³-hybridized carbons (Fsp3) is 0.200. The van der Waals surface area contributed by atoms with Gasteiger partial charge in [-0.05, 0) is 16.7 Å². The molecule has 1 fully saturated rings. The number of hydrogen-bond donors (Lipinski definition) is 0. The number of benzene rings is 3. The maximum Gasteiger partial charge on any atom is 0.310 e. The molecule has 0 N–H and O–H groups in total. The van der Waals surface area contributed by atoms with Crippen molar-refractivity contribution in [3.8, 4) is 0 Å². The third-order valence-electron chi connectivity index (χ3n) is 5.68. The first-order valence-corrected chi connectivity index (χ1v) is 9.68. The highest BCUT2D eigenvalue weighted by molar-refractivity contribution is 5.83. The van der Waals surface area contributed by atoms with Crippen LogP contribution in [-0.4, -0.2) is 11.9 Å². The number of esters is 1. The molecule has 3 aromatic carbocycles. The lowest BCUT2D eigenvalue weighted by molar-refractivity contribution is -0.317. The van der Waals surface area contributed by atoms with Crippen molar-refractivity contribution in [2.75, 3.05) is 0 Å². The molecule has 0 amide bonds. The van der Waals surface area contributed by atoms with Crippen LogP contribution in [0.2, 0.25) is 0 Å². The lowest BCUT2D eigenvalue weighted by Gasteiger charge is -2.51. The van der Waals surface area contributed by atoms with E-state index in [1.54, 1.807) is 0 Å². The molecular weight excluding hydrogens is 364 g/mol. The molecule has 1 aliphatic rings. The molecule has 0 unspecified atom stereocenters. The summed E-state index contributed by atoms with van der Waals surface area (Å²) in [6, 6.07) is 28.0. The Bertz CT molecular complexity index is 922. The maximum atomic E-state index is 13.1. The maximum absolute atomic E-state index is 13.1. The fourth-order valence-electron chi connectivity index (χ4n) is 4.34. The quantitative estimate of drug-likeness (QED) is 0.611. The van der Waals surface area contributed by atoms with Crippen LogP contribution in [-0.2, 0) is 20.9 Å². The van der Waals surface area contributed by atoms with Crippen LogP contribution in [0.15, 0.2) is 91.0 Å². The lowest BCUT2D eigenvalue weighted by atomic mass is 9.52. The molecule has 0 radical (unpaired) electrons. The highest BCUT2D eigenvalue weighted by Gasteiger charge is 2.56. The molecule has 2 atom stereocenters. The molecule has 0 bridgehead atoms. The third-order valence-corrected chi connectivity index (χ3v) is 5.68. The monoisotopic (exact) mass is 385 g/mol. The molecule has 4 heteroatoms. The van der Waals surface area contributed by atoms with Crippen molar-refractivity contribution in [1.29, 1.82) is 0 Å². The van der Waals surface area contributed by atoms with Crippen LogP contribution >= 0.6 is 0 Å². The second kappa shape index (κ2) is 8.31. The van der Waals surface area contributed by atoms with Crippen molar-refractivity contribution in [2.45, 2.75) is 18.4 Å². The fourth-order valence-corrected chi connectivity index (χ4v) is 4.34. The van der Waals surface area contributed by atoms with Gasteiger partial charge in [0.05, 0.1) is 5.92 Å². The number of rotatable bonds is 6. The van der Waals surface area contributed by atoms with Crippen molar-refractivity contribution in [1.82, 2.24) is 0 Å². The van der Waals surface area contributed by atoms with Crippen LogP contribution in [0.3, 0.4) is 0 Å². The molecule has 0 aromatic heterocycles. The first-order chi connectivity index (χ1) is 14.2. The van der Waals surface area contributed by atoms with Gasteiger partial charge in [-0.1, -0.05) is 91.0 Å². The van der Waals surface area contributed by atoms with Crippen molar-refractivity contribution in [3.05, 3.63) is 108 Å². The summed E-state index contributed by atoms with van der Waals surface area (Å²) < 4.78 is 5.61. The summed E-state index contributed by atoms with van der Waals surface area (Å²) >= 11 is 0. The minimum Gasteiger partial charge on any atom is -0.550 e. The van der Waals surface area contributed by atoms with Gasteiger partial charge in [0.2, 0.25) is 0 Å². The van der Waals surface area contributed by atoms with Gasteiger partial charge in [0.15, 0.2) is 0 Å². The molecule has 146 valence electrons. The summed E-state index contributed by atoms with van der Waals surface area (Å²) in [6.07, 6.45) is 0. The van der Waals surface area contributed by atoms with Gasteiger partial charge in [-0.3, -0.25) is 4.79 Å². The number of aliphatic carboxylic acids is 1. The highest BCUT2D eigenvalue weighted by atomic mass is 16.5. The third kappa shape index (κ3) is 3.79. The van der Waals surface area contributed by atoms with E-state index in [9.17, 15) is 14.7 Å². The van der Waals surface area contributed by atoms with Gasteiger partial charge >= 0.3 is 5.97 Å². The summed E-state index contributed by atoms with van der Waals surface area (Å²) in [7, 11) is 0. The molecule has 0 spiro atoms. The molecule has 0 aliphatic heterocycles. The Morgan fingerprint density at radius 1 is 0.690 bits per heavy atom. The molecule has 29 heavy (non-hydrogen) atoms. The van der Waals surface area contributed by atoms with Gasteiger partial charge in [0, 0.05) is 23.7 Å². The predicted octanol–water partition coefficient (Wildman–Crippen LogP) is 3.29. The van der Waals surface area contributed by atoms with E-state index in [1.165, 1.54) is 0 Å². The SMILES string of the molecule is O=C([O-])C1[C@@H](c2ccccc2)C(C(=O)OCc2ccccc2)[C@@H]1c1ccccc1. The summed E-state index contributed by atoms with van der Waals surface area (Å²) in [4.78, 5) is 25.1. The molecule has 4 nitrogen and oxygen atoms in total. The van der Waals surface area contributed by atoms with E-state index in [1.807, 2.05) is 91.0 Å². The van der Waals surface area contributed by atoms with Crippen LogP contribution in [0.1, 0.15) is 28.5 Å². The molecule has 3 aromatic rings. The van der Waals surface area contributed by atoms with Gasteiger partial charge in [-0.15, -0.1) is 0 Å². The van der Waals surface area contributed by atoms with E-state index >= 15 is 0 Å². The number of ether oxygens (including phenoxy) is 1.